The number of ether oxygens (including phenoxy) is 1. The van der Waals surface area contributed by atoms with Gasteiger partial charge in [-0.05, 0) is 37.0 Å². The van der Waals surface area contributed by atoms with Crippen molar-refractivity contribution in [3.05, 3.63) is 29.6 Å². The summed E-state index contributed by atoms with van der Waals surface area (Å²) in [6.07, 6.45) is 4.56. The van der Waals surface area contributed by atoms with Gasteiger partial charge in [-0.25, -0.2) is 9.18 Å². The van der Waals surface area contributed by atoms with Gasteiger partial charge in [-0.1, -0.05) is 12.8 Å². The van der Waals surface area contributed by atoms with Crippen LogP contribution in [0.4, 0.5) is 10.1 Å². The SMILES string of the molecule is Nc1ccc(F)c(C(=O)OCC2CCCC2)c1. The van der Waals surface area contributed by atoms with E-state index < -0.39 is 11.8 Å². The Morgan fingerprint density at radius 3 is 2.82 bits per heavy atom. The van der Waals surface area contributed by atoms with Crippen LogP contribution in [-0.4, -0.2) is 12.6 Å². The van der Waals surface area contributed by atoms with Gasteiger partial charge in [0.05, 0.1) is 12.2 Å². The highest BCUT2D eigenvalue weighted by Gasteiger charge is 2.19. The molecule has 1 aliphatic rings. The van der Waals surface area contributed by atoms with Crippen molar-refractivity contribution in [3.8, 4) is 0 Å². The Bertz CT molecular complexity index is 414. The second-order valence-electron chi connectivity index (χ2n) is 4.49. The molecule has 92 valence electrons. The van der Waals surface area contributed by atoms with Gasteiger partial charge in [0, 0.05) is 5.69 Å². The molecule has 1 fully saturated rings. The number of nitrogen functional groups attached to an aromatic ring is 1. The van der Waals surface area contributed by atoms with E-state index in [2.05, 4.69) is 0 Å². The van der Waals surface area contributed by atoms with Gasteiger partial charge in [-0.2, -0.15) is 0 Å². The molecule has 1 aliphatic carbocycles. The van der Waals surface area contributed by atoms with E-state index >= 15 is 0 Å². The van der Waals surface area contributed by atoms with Crippen molar-refractivity contribution >= 4 is 11.7 Å². The molecule has 0 saturated heterocycles. The molecule has 1 saturated carbocycles. The third-order valence-electron chi connectivity index (χ3n) is 3.14. The lowest BCUT2D eigenvalue weighted by atomic mass is 10.1. The van der Waals surface area contributed by atoms with Gasteiger partial charge in [0.1, 0.15) is 5.82 Å². The summed E-state index contributed by atoms with van der Waals surface area (Å²) >= 11 is 0. The topological polar surface area (TPSA) is 52.3 Å². The van der Waals surface area contributed by atoms with Crippen LogP contribution in [0, 0.1) is 11.7 Å². The van der Waals surface area contributed by atoms with E-state index in [4.69, 9.17) is 10.5 Å². The molecule has 1 aromatic carbocycles. The van der Waals surface area contributed by atoms with Crippen LogP contribution in [0.15, 0.2) is 18.2 Å². The molecule has 0 bridgehead atoms. The van der Waals surface area contributed by atoms with Gasteiger partial charge in [0.15, 0.2) is 0 Å². The van der Waals surface area contributed by atoms with Crippen molar-refractivity contribution in [1.82, 2.24) is 0 Å². The Hall–Kier alpha value is -1.58. The zero-order chi connectivity index (χ0) is 12.3. The fourth-order valence-electron chi connectivity index (χ4n) is 2.15. The maximum atomic E-state index is 13.4. The van der Waals surface area contributed by atoms with E-state index in [0.717, 1.165) is 12.8 Å². The van der Waals surface area contributed by atoms with Crippen molar-refractivity contribution in [2.45, 2.75) is 25.7 Å². The molecule has 0 atom stereocenters. The number of anilines is 1. The first kappa shape index (κ1) is 11.9. The van der Waals surface area contributed by atoms with E-state index in [1.54, 1.807) is 0 Å². The third kappa shape index (κ3) is 2.96. The minimum atomic E-state index is -0.623. The first-order valence-corrected chi connectivity index (χ1v) is 5.89. The van der Waals surface area contributed by atoms with Crippen molar-refractivity contribution in [3.63, 3.8) is 0 Å². The molecule has 0 aromatic heterocycles. The lowest BCUT2D eigenvalue weighted by Gasteiger charge is -2.10. The Morgan fingerprint density at radius 1 is 1.41 bits per heavy atom. The predicted molar refractivity (Wildman–Crippen MR) is 63.1 cm³/mol. The average Bonchev–Trinajstić information content (AvgIpc) is 2.82. The lowest BCUT2D eigenvalue weighted by molar-refractivity contribution is 0.0437. The van der Waals surface area contributed by atoms with E-state index in [1.807, 2.05) is 0 Å². The van der Waals surface area contributed by atoms with E-state index in [1.165, 1.54) is 31.0 Å². The monoisotopic (exact) mass is 237 g/mol. The van der Waals surface area contributed by atoms with E-state index in [9.17, 15) is 9.18 Å². The summed E-state index contributed by atoms with van der Waals surface area (Å²) in [7, 11) is 0. The smallest absolute Gasteiger partial charge is 0.341 e. The summed E-state index contributed by atoms with van der Waals surface area (Å²) in [6, 6.07) is 3.91. The lowest BCUT2D eigenvalue weighted by Crippen LogP contribution is -2.13. The molecule has 2 rings (SSSR count). The molecule has 17 heavy (non-hydrogen) atoms. The molecule has 0 radical (unpaired) electrons. The van der Waals surface area contributed by atoms with Gasteiger partial charge in [-0.3, -0.25) is 0 Å². The quantitative estimate of drug-likeness (QED) is 0.649. The largest absolute Gasteiger partial charge is 0.462 e. The van der Waals surface area contributed by atoms with Crippen molar-refractivity contribution in [2.75, 3.05) is 12.3 Å². The van der Waals surface area contributed by atoms with Crippen LogP contribution < -0.4 is 5.73 Å². The summed E-state index contributed by atoms with van der Waals surface area (Å²) in [6.45, 7) is 0.382. The molecular formula is C13H16FNO2. The van der Waals surface area contributed by atoms with Gasteiger partial charge < -0.3 is 10.5 Å². The fourth-order valence-corrected chi connectivity index (χ4v) is 2.15. The Balaban J connectivity index is 1.96. The summed E-state index contributed by atoms with van der Waals surface area (Å²) in [4.78, 5) is 11.7. The molecule has 0 spiro atoms. The van der Waals surface area contributed by atoms with Crippen molar-refractivity contribution < 1.29 is 13.9 Å². The Labute approximate surface area is 99.8 Å². The van der Waals surface area contributed by atoms with Crippen LogP contribution in [0.3, 0.4) is 0 Å². The number of benzene rings is 1. The predicted octanol–water partition coefficient (Wildman–Crippen LogP) is 2.75. The number of carbonyl (C=O) groups is 1. The van der Waals surface area contributed by atoms with E-state index in [-0.39, 0.29) is 5.56 Å². The number of halogens is 1. The molecule has 4 heteroatoms. The molecule has 0 unspecified atom stereocenters. The number of carbonyl (C=O) groups excluding carboxylic acids is 1. The molecular weight excluding hydrogens is 221 g/mol. The van der Waals surface area contributed by atoms with Gasteiger partial charge >= 0.3 is 5.97 Å². The van der Waals surface area contributed by atoms with Crippen LogP contribution in [-0.2, 0) is 4.74 Å². The minimum absolute atomic E-state index is 0.0806. The van der Waals surface area contributed by atoms with E-state index in [0.29, 0.717) is 18.2 Å². The summed E-state index contributed by atoms with van der Waals surface area (Å²) in [5, 5.41) is 0. The zero-order valence-corrected chi connectivity index (χ0v) is 9.62. The Kier molecular flexibility index (Phi) is 3.61. The number of hydrogen-bond acceptors (Lipinski definition) is 3. The highest BCUT2D eigenvalue weighted by Crippen LogP contribution is 2.25. The molecule has 0 aliphatic heterocycles. The van der Waals surface area contributed by atoms with Crippen molar-refractivity contribution in [2.24, 2.45) is 5.92 Å². The van der Waals surface area contributed by atoms with Crippen molar-refractivity contribution in [1.29, 1.82) is 0 Å². The zero-order valence-electron chi connectivity index (χ0n) is 9.62. The first-order chi connectivity index (χ1) is 8.16. The highest BCUT2D eigenvalue weighted by molar-refractivity contribution is 5.90. The fraction of sp³-hybridized carbons (Fsp3) is 0.462. The third-order valence-corrected chi connectivity index (χ3v) is 3.14. The second-order valence-corrected chi connectivity index (χ2v) is 4.49. The maximum Gasteiger partial charge on any atom is 0.341 e. The maximum absolute atomic E-state index is 13.4. The standard InChI is InChI=1S/C13H16FNO2/c14-12-6-5-10(15)7-11(12)13(16)17-8-9-3-1-2-4-9/h5-7,9H,1-4,8,15H2. The second kappa shape index (κ2) is 5.17. The highest BCUT2D eigenvalue weighted by atomic mass is 19.1. The summed E-state index contributed by atoms with van der Waals surface area (Å²) in [5.41, 5.74) is 5.79. The van der Waals surface area contributed by atoms with Gasteiger partial charge in [0.2, 0.25) is 0 Å². The summed E-state index contributed by atoms with van der Waals surface area (Å²) in [5.74, 6) is -0.777. The Morgan fingerprint density at radius 2 is 2.12 bits per heavy atom. The summed E-state index contributed by atoms with van der Waals surface area (Å²) < 4.78 is 18.5. The van der Waals surface area contributed by atoms with Crippen LogP contribution >= 0.6 is 0 Å². The molecule has 0 amide bonds. The van der Waals surface area contributed by atoms with Gasteiger partial charge in [0.25, 0.3) is 0 Å². The van der Waals surface area contributed by atoms with Crippen LogP contribution in [0.2, 0.25) is 0 Å². The average molecular weight is 237 g/mol. The molecule has 1 aromatic rings. The minimum Gasteiger partial charge on any atom is -0.462 e. The number of nitrogens with two attached hydrogens (primary N) is 1. The van der Waals surface area contributed by atoms with Crippen LogP contribution in [0.5, 0.6) is 0 Å². The van der Waals surface area contributed by atoms with Gasteiger partial charge in [-0.15, -0.1) is 0 Å². The number of rotatable bonds is 3. The van der Waals surface area contributed by atoms with Crippen LogP contribution in [0.1, 0.15) is 36.0 Å². The first-order valence-electron chi connectivity index (χ1n) is 5.89. The molecule has 0 heterocycles. The normalized spacial score (nSPS) is 16.1. The molecule has 2 N–H and O–H groups in total. The van der Waals surface area contributed by atoms with Crippen LogP contribution in [0.25, 0.3) is 0 Å². The number of esters is 1. The number of hydrogen-bond donors (Lipinski definition) is 1. The molecule has 3 nitrogen and oxygen atoms in total.